The summed E-state index contributed by atoms with van der Waals surface area (Å²) in [6.07, 6.45) is 4.58. The number of benzene rings is 1. The molecule has 1 amide bonds. The first-order valence-electron chi connectivity index (χ1n) is 9.48. The van der Waals surface area contributed by atoms with Crippen molar-refractivity contribution in [3.8, 4) is 0 Å². The largest absolute Gasteiger partial charge is 0.393 e. The van der Waals surface area contributed by atoms with E-state index >= 15 is 0 Å². The minimum atomic E-state index is -0.394. The van der Waals surface area contributed by atoms with Crippen LogP contribution in [0.15, 0.2) is 48.8 Å². The Morgan fingerprint density at radius 3 is 2.82 bits per heavy atom. The summed E-state index contributed by atoms with van der Waals surface area (Å²) in [7, 11) is 0. The van der Waals surface area contributed by atoms with Crippen molar-refractivity contribution in [2.45, 2.75) is 31.9 Å². The van der Waals surface area contributed by atoms with E-state index in [1.54, 1.807) is 16.7 Å². The molecule has 0 radical (unpaired) electrons. The summed E-state index contributed by atoms with van der Waals surface area (Å²) < 4.78 is 15.7. The van der Waals surface area contributed by atoms with Gasteiger partial charge in [-0.25, -0.2) is 9.37 Å². The maximum atomic E-state index is 13.9. The van der Waals surface area contributed by atoms with Gasteiger partial charge in [-0.05, 0) is 50.1 Å². The van der Waals surface area contributed by atoms with Gasteiger partial charge < -0.3 is 19.7 Å². The molecule has 7 heteroatoms. The molecule has 146 valence electrons. The number of pyridine rings is 1. The Hall–Kier alpha value is -2.93. The average Bonchev–Trinajstić information content (AvgIpc) is 3.13. The lowest BCUT2D eigenvalue weighted by Crippen LogP contribution is -2.37. The molecule has 0 saturated carbocycles. The molecule has 1 unspecified atom stereocenters. The van der Waals surface area contributed by atoms with Gasteiger partial charge in [-0.1, -0.05) is 6.07 Å². The smallest absolute Gasteiger partial charge is 0.271 e. The third-order valence-electron chi connectivity index (χ3n) is 5.21. The number of carbonyl (C=O) groups excluding carboxylic acids is 1. The minimum Gasteiger partial charge on any atom is -0.393 e. The van der Waals surface area contributed by atoms with E-state index in [0.717, 1.165) is 5.69 Å². The van der Waals surface area contributed by atoms with Crippen molar-refractivity contribution in [2.75, 3.05) is 18.0 Å². The average molecular weight is 382 g/mol. The quantitative estimate of drug-likeness (QED) is 0.728. The number of imidazole rings is 1. The first-order valence-corrected chi connectivity index (χ1v) is 9.48. The van der Waals surface area contributed by atoms with Crippen LogP contribution in [0.2, 0.25) is 0 Å². The van der Waals surface area contributed by atoms with Crippen LogP contribution < -0.4 is 10.2 Å². The first kappa shape index (κ1) is 18.4. The molecule has 0 aliphatic carbocycles. The van der Waals surface area contributed by atoms with Crippen molar-refractivity contribution in [1.82, 2.24) is 14.7 Å². The maximum absolute atomic E-state index is 13.9. The van der Waals surface area contributed by atoms with Gasteiger partial charge in [-0.2, -0.15) is 0 Å². The van der Waals surface area contributed by atoms with Crippen LogP contribution in [-0.2, 0) is 0 Å². The summed E-state index contributed by atoms with van der Waals surface area (Å²) in [6, 6.07) is 9.81. The number of anilines is 1. The number of piperidine rings is 1. The topological polar surface area (TPSA) is 69.9 Å². The molecule has 2 aromatic heterocycles. The van der Waals surface area contributed by atoms with Gasteiger partial charge in [-0.3, -0.25) is 4.79 Å². The van der Waals surface area contributed by atoms with Gasteiger partial charge >= 0.3 is 0 Å². The number of rotatable bonds is 4. The second-order valence-electron chi connectivity index (χ2n) is 7.21. The molecule has 1 aromatic carbocycles. The molecule has 0 bridgehead atoms. The SMILES string of the molecule is CC(NC(=O)c1cn2ccccc2n1)c1cc(F)ccc1N1CCC(O)CC1. The third-order valence-corrected chi connectivity index (χ3v) is 5.21. The number of amides is 1. The lowest BCUT2D eigenvalue weighted by molar-refractivity contribution is 0.0935. The van der Waals surface area contributed by atoms with Gasteiger partial charge in [0.05, 0.1) is 12.1 Å². The van der Waals surface area contributed by atoms with Gasteiger partial charge in [0.2, 0.25) is 0 Å². The molecule has 1 saturated heterocycles. The number of fused-ring (bicyclic) bond motifs is 1. The Labute approximate surface area is 162 Å². The third kappa shape index (κ3) is 3.71. The molecule has 1 aliphatic rings. The lowest BCUT2D eigenvalue weighted by atomic mass is 10.0. The van der Waals surface area contributed by atoms with Crippen molar-refractivity contribution in [2.24, 2.45) is 0 Å². The predicted molar refractivity (Wildman–Crippen MR) is 105 cm³/mol. The van der Waals surface area contributed by atoms with Crippen molar-refractivity contribution >= 4 is 17.2 Å². The van der Waals surface area contributed by atoms with E-state index in [2.05, 4.69) is 15.2 Å². The van der Waals surface area contributed by atoms with Crippen LogP contribution >= 0.6 is 0 Å². The van der Waals surface area contributed by atoms with Crippen LogP contribution in [-0.4, -0.2) is 39.6 Å². The molecule has 4 rings (SSSR count). The highest BCUT2D eigenvalue weighted by Crippen LogP contribution is 2.30. The highest BCUT2D eigenvalue weighted by Gasteiger charge is 2.23. The molecule has 1 atom stereocenters. The molecule has 2 N–H and O–H groups in total. The van der Waals surface area contributed by atoms with Gasteiger partial charge in [0.1, 0.15) is 17.2 Å². The Kier molecular flexibility index (Phi) is 5.00. The summed E-state index contributed by atoms with van der Waals surface area (Å²) in [4.78, 5) is 19.2. The highest BCUT2D eigenvalue weighted by molar-refractivity contribution is 5.93. The summed E-state index contributed by atoms with van der Waals surface area (Å²) in [5.41, 5.74) is 2.61. The zero-order valence-electron chi connectivity index (χ0n) is 15.7. The summed E-state index contributed by atoms with van der Waals surface area (Å²) >= 11 is 0. The van der Waals surface area contributed by atoms with Crippen LogP contribution in [0.1, 0.15) is 41.9 Å². The monoisotopic (exact) mass is 382 g/mol. The lowest BCUT2D eigenvalue weighted by Gasteiger charge is -2.34. The molecule has 6 nitrogen and oxygen atoms in total. The molecule has 3 aromatic rings. The second kappa shape index (κ2) is 7.59. The number of hydrogen-bond acceptors (Lipinski definition) is 4. The molecule has 3 heterocycles. The zero-order chi connectivity index (χ0) is 19.7. The molecular formula is C21H23FN4O2. The van der Waals surface area contributed by atoms with E-state index in [1.165, 1.54) is 12.1 Å². The van der Waals surface area contributed by atoms with Crippen molar-refractivity contribution in [3.63, 3.8) is 0 Å². The van der Waals surface area contributed by atoms with Gasteiger partial charge in [0, 0.05) is 36.7 Å². The molecule has 1 fully saturated rings. The van der Waals surface area contributed by atoms with Crippen LogP contribution in [0.25, 0.3) is 5.65 Å². The fourth-order valence-corrected chi connectivity index (χ4v) is 3.66. The Balaban J connectivity index is 1.56. The van der Waals surface area contributed by atoms with Crippen molar-refractivity contribution < 1.29 is 14.3 Å². The maximum Gasteiger partial charge on any atom is 0.271 e. The standard InChI is InChI=1S/C21H23FN4O2/c1-14(23-21(28)18-13-26-9-3-2-4-20(26)24-18)17-12-15(22)5-6-19(17)25-10-7-16(27)8-11-25/h2-6,9,12-14,16,27H,7-8,10-11H2,1H3,(H,23,28). The highest BCUT2D eigenvalue weighted by atomic mass is 19.1. The molecular weight excluding hydrogens is 359 g/mol. The zero-order valence-corrected chi connectivity index (χ0v) is 15.7. The van der Waals surface area contributed by atoms with E-state index in [4.69, 9.17) is 0 Å². The van der Waals surface area contributed by atoms with E-state index in [0.29, 0.717) is 42.8 Å². The summed E-state index contributed by atoms with van der Waals surface area (Å²) in [5.74, 6) is -0.648. The number of halogens is 1. The minimum absolute atomic E-state index is 0.285. The van der Waals surface area contributed by atoms with E-state index in [-0.39, 0.29) is 17.8 Å². The number of aromatic nitrogens is 2. The molecule has 28 heavy (non-hydrogen) atoms. The molecule has 1 aliphatic heterocycles. The number of aliphatic hydroxyl groups excluding tert-OH is 1. The normalized spacial score (nSPS) is 16.3. The van der Waals surface area contributed by atoms with Crippen LogP contribution in [0, 0.1) is 5.82 Å². The number of aliphatic hydroxyl groups is 1. The fourth-order valence-electron chi connectivity index (χ4n) is 3.66. The second-order valence-corrected chi connectivity index (χ2v) is 7.21. The predicted octanol–water partition coefficient (Wildman–Crippen LogP) is 2.93. The van der Waals surface area contributed by atoms with Crippen LogP contribution in [0.4, 0.5) is 10.1 Å². The van der Waals surface area contributed by atoms with E-state index in [9.17, 15) is 14.3 Å². The van der Waals surface area contributed by atoms with Crippen molar-refractivity contribution in [1.29, 1.82) is 0 Å². The summed E-state index contributed by atoms with van der Waals surface area (Å²) in [6.45, 7) is 3.24. The van der Waals surface area contributed by atoms with Gasteiger partial charge in [0.25, 0.3) is 5.91 Å². The molecule has 0 spiro atoms. The Bertz CT molecular complexity index is 962. The number of nitrogens with zero attached hydrogens (tertiary/aromatic N) is 3. The number of carbonyl (C=O) groups is 1. The van der Waals surface area contributed by atoms with Gasteiger partial charge in [0.15, 0.2) is 0 Å². The number of nitrogens with one attached hydrogen (secondary N) is 1. The Morgan fingerprint density at radius 1 is 1.29 bits per heavy atom. The fraction of sp³-hybridized carbons (Fsp3) is 0.333. The van der Waals surface area contributed by atoms with Crippen LogP contribution in [0.5, 0.6) is 0 Å². The van der Waals surface area contributed by atoms with Crippen LogP contribution in [0.3, 0.4) is 0 Å². The van der Waals surface area contributed by atoms with Gasteiger partial charge in [-0.15, -0.1) is 0 Å². The number of hydrogen-bond donors (Lipinski definition) is 2. The van der Waals surface area contributed by atoms with Crippen molar-refractivity contribution in [3.05, 3.63) is 65.9 Å². The summed E-state index contributed by atoms with van der Waals surface area (Å²) in [5, 5.41) is 12.7. The van der Waals surface area contributed by atoms with E-state index < -0.39 is 6.04 Å². The van der Waals surface area contributed by atoms with E-state index in [1.807, 2.05) is 31.3 Å². The Morgan fingerprint density at radius 2 is 2.07 bits per heavy atom. The first-order chi connectivity index (χ1) is 13.5.